The minimum absolute atomic E-state index is 0.0835. The van der Waals surface area contributed by atoms with Gasteiger partial charge in [-0.1, -0.05) is 62.4 Å². The van der Waals surface area contributed by atoms with E-state index < -0.39 is 24.0 Å². The number of hydrogen-bond donors (Lipinski definition) is 5. The van der Waals surface area contributed by atoms with Gasteiger partial charge in [-0.25, -0.2) is 4.79 Å². The Hall–Kier alpha value is -4.63. The number of carbonyl (C=O) groups is 3. The Morgan fingerprint density at radius 2 is 1.70 bits per heavy atom. The summed E-state index contributed by atoms with van der Waals surface area (Å²) in [5.74, 6) is -1.14. The van der Waals surface area contributed by atoms with E-state index in [4.69, 9.17) is 16.2 Å². The fourth-order valence-electron chi connectivity index (χ4n) is 4.44. The van der Waals surface area contributed by atoms with E-state index in [-0.39, 0.29) is 36.1 Å². The quantitative estimate of drug-likeness (QED) is 0.142. The number of aromatic amines is 1. The van der Waals surface area contributed by atoms with Gasteiger partial charge in [0, 0.05) is 29.1 Å². The topological polar surface area (TPSA) is 152 Å². The summed E-state index contributed by atoms with van der Waals surface area (Å²) < 4.78 is 5.58. The molecule has 0 saturated carbocycles. The number of nitrogen functional groups attached to an aromatic ring is 1. The van der Waals surface area contributed by atoms with Crippen molar-refractivity contribution >= 4 is 40.1 Å². The monoisotopic (exact) mass is 541 g/mol. The Kier molecular flexibility index (Phi) is 9.19. The summed E-state index contributed by atoms with van der Waals surface area (Å²) in [6.07, 6.45) is 2.58. The number of rotatable bonds is 11. The van der Waals surface area contributed by atoms with Crippen molar-refractivity contribution in [3.05, 3.63) is 95.7 Å². The number of nitrogens with two attached hydrogens (primary N) is 2. The van der Waals surface area contributed by atoms with E-state index in [1.54, 1.807) is 6.07 Å². The summed E-state index contributed by atoms with van der Waals surface area (Å²) in [7, 11) is 0. The van der Waals surface area contributed by atoms with Gasteiger partial charge >= 0.3 is 5.97 Å². The zero-order valence-corrected chi connectivity index (χ0v) is 22.6. The summed E-state index contributed by atoms with van der Waals surface area (Å²) in [6, 6.07) is 20.0. The lowest BCUT2D eigenvalue weighted by Gasteiger charge is -2.19. The standard InChI is InChI=1S/C31H35N5O4/c1-19(2)14-25(33)30(38)35-27-13-12-21(15-24(27)32)29(37)36-28(31(39)40-18-20-8-4-3-5-9-20)16-22-17-34-26-11-7-6-10-23(22)26/h3-13,15,17,19,25,28,34H,14,16,18,32-33H2,1-2H3,(H,35,38)(H,36,37)/t25-,28-/m0/s1. The first-order valence-corrected chi connectivity index (χ1v) is 13.2. The average Bonchev–Trinajstić information content (AvgIpc) is 3.35. The molecule has 4 rings (SSSR count). The second kappa shape index (κ2) is 12.9. The van der Waals surface area contributed by atoms with Crippen molar-refractivity contribution < 1.29 is 19.1 Å². The molecule has 0 bridgehead atoms. The second-order valence-corrected chi connectivity index (χ2v) is 10.2. The number of benzene rings is 3. The Morgan fingerprint density at radius 1 is 0.975 bits per heavy atom. The van der Waals surface area contributed by atoms with Gasteiger partial charge in [-0.3, -0.25) is 9.59 Å². The van der Waals surface area contributed by atoms with E-state index in [2.05, 4.69) is 15.6 Å². The highest BCUT2D eigenvalue weighted by molar-refractivity contribution is 6.01. The van der Waals surface area contributed by atoms with Crippen LogP contribution < -0.4 is 22.1 Å². The molecule has 4 aromatic rings. The van der Waals surface area contributed by atoms with Crippen LogP contribution in [-0.2, 0) is 27.4 Å². The SMILES string of the molecule is CC(C)C[C@H](N)C(=O)Nc1ccc(C(=O)N[C@@H](Cc2c[nH]c3ccccc23)C(=O)OCc2ccccc2)cc1N. The highest BCUT2D eigenvalue weighted by atomic mass is 16.5. The molecule has 208 valence electrons. The number of H-pyrrole nitrogens is 1. The van der Waals surface area contributed by atoms with E-state index in [0.717, 1.165) is 22.0 Å². The Labute approximate surface area is 233 Å². The Morgan fingerprint density at radius 3 is 2.42 bits per heavy atom. The Balaban J connectivity index is 1.49. The predicted octanol–water partition coefficient (Wildman–Crippen LogP) is 4.15. The molecule has 0 aliphatic rings. The average molecular weight is 542 g/mol. The molecule has 2 amide bonds. The summed E-state index contributed by atoms with van der Waals surface area (Å²) in [4.78, 5) is 42.1. The first-order valence-electron chi connectivity index (χ1n) is 13.2. The number of esters is 1. The van der Waals surface area contributed by atoms with Gasteiger partial charge in [0.2, 0.25) is 5.91 Å². The van der Waals surface area contributed by atoms with Crippen LogP contribution in [0, 0.1) is 5.92 Å². The molecule has 9 heteroatoms. The van der Waals surface area contributed by atoms with Crippen LogP contribution in [0.25, 0.3) is 10.9 Å². The number of hydrogen-bond acceptors (Lipinski definition) is 6. The van der Waals surface area contributed by atoms with Crippen LogP contribution in [0.1, 0.15) is 41.8 Å². The lowest BCUT2D eigenvalue weighted by atomic mass is 10.0. The van der Waals surface area contributed by atoms with Crippen LogP contribution in [0.5, 0.6) is 0 Å². The number of nitrogens with one attached hydrogen (secondary N) is 3. The van der Waals surface area contributed by atoms with Crippen LogP contribution in [0.3, 0.4) is 0 Å². The van der Waals surface area contributed by atoms with Crippen molar-refractivity contribution in [1.82, 2.24) is 10.3 Å². The molecule has 0 radical (unpaired) electrons. The second-order valence-electron chi connectivity index (χ2n) is 10.2. The number of ether oxygens (including phenoxy) is 1. The van der Waals surface area contributed by atoms with Crippen molar-refractivity contribution in [3.8, 4) is 0 Å². The lowest BCUT2D eigenvalue weighted by Crippen LogP contribution is -2.43. The van der Waals surface area contributed by atoms with Gasteiger partial charge in [0.05, 0.1) is 17.4 Å². The molecular formula is C31H35N5O4. The molecule has 3 aromatic carbocycles. The minimum Gasteiger partial charge on any atom is -0.459 e. The van der Waals surface area contributed by atoms with Gasteiger partial charge in [-0.05, 0) is 47.7 Å². The minimum atomic E-state index is -0.954. The van der Waals surface area contributed by atoms with E-state index in [1.165, 1.54) is 12.1 Å². The van der Waals surface area contributed by atoms with E-state index >= 15 is 0 Å². The number of fused-ring (bicyclic) bond motifs is 1. The smallest absolute Gasteiger partial charge is 0.329 e. The molecule has 2 atom stereocenters. The summed E-state index contributed by atoms with van der Waals surface area (Å²) in [5.41, 5.74) is 15.6. The fourth-order valence-corrected chi connectivity index (χ4v) is 4.44. The van der Waals surface area contributed by atoms with Crippen LogP contribution >= 0.6 is 0 Å². The van der Waals surface area contributed by atoms with Gasteiger partial charge in [-0.15, -0.1) is 0 Å². The third-order valence-electron chi connectivity index (χ3n) is 6.55. The van der Waals surface area contributed by atoms with Crippen molar-refractivity contribution in [1.29, 1.82) is 0 Å². The molecule has 0 saturated heterocycles. The zero-order valence-electron chi connectivity index (χ0n) is 22.6. The Bertz CT molecular complexity index is 1480. The molecule has 40 heavy (non-hydrogen) atoms. The third kappa shape index (κ3) is 7.27. The maximum Gasteiger partial charge on any atom is 0.329 e. The predicted molar refractivity (Wildman–Crippen MR) is 156 cm³/mol. The van der Waals surface area contributed by atoms with Crippen LogP contribution in [0.15, 0.2) is 79.0 Å². The van der Waals surface area contributed by atoms with Gasteiger partial charge in [0.25, 0.3) is 5.91 Å². The van der Waals surface area contributed by atoms with Crippen LogP contribution in [0.2, 0.25) is 0 Å². The first-order chi connectivity index (χ1) is 19.2. The summed E-state index contributed by atoms with van der Waals surface area (Å²) in [5, 5.41) is 6.49. The number of amides is 2. The summed E-state index contributed by atoms with van der Waals surface area (Å²) in [6.45, 7) is 4.05. The van der Waals surface area contributed by atoms with Gasteiger partial charge in [0.15, 0.2) is 0 Å². The zero-order chi connectivity index (χ0) is 28.6. The highest BCUT2D eigenvalue weighted by Gasteiger charge is 2.25. The molecular weight excluding hydrogens is 506 g/mol. The normalized spacial score (nSPS) is 12.6. The van der Waals surface area contributed by atoms with Crippen molar-refractivity contribution in [2.75, 3.05) is 11.1 Å². The highest BCUT2D eigenvalue weighted by Crippen LogP contribution is 2.22. The van der Waals surface area contributed by atoms with Crippen molar-refractivity contribution in [2.24, 2.45) is 11.7 Å². The molecule has 0 fully saturated rings. The van der Waals surface area contributed by atoms with Gasteiger partial charge < -0.3 is 31.8 Å². The van der Waals surface area contributed by atoms with Gasteiger partial charge in [-0.2, -0.15) is 0 Å². The van der Waals surface area contributed by atoms with E-state index in [9.17, 15) is 14.4 Å². The molecule has 0 aliphatic heterocycles. The molecule has 0 unspecified atom stereocenters. The molecule has 7 N–H and O–H groups in total. The summed E-state index contributed by atoms with van der Waals surface area (Å²) >= 11 is 0. The first kappa shape index (κ1) is 28.4. The van der Waals surface area contributed by atoms with E-state index in [0.29, 0.717) is 12.1 Å². The van der Waals surface area contributed by atoms with Gasteiger partial charge in [0.1, 0.15) is 12.6 Å². The molecule has 0 aliphatic carbocycles. The maximum atomic E-state index is 13.3. The fraction of sp³-hybridized carbons (Fsp3) is 0.258. The number of aromatic nitrogens is 1. The van der Waals surface area contributed by atoms with Crippen molar-refractivity contribution in [2.45, 2.75) is 45.4 Å². The number of anilines is 2. The molecule has 0 spiro atoms. The van der Waals surface area contributed by atoms with E-state index in [1.807, 2.05) is 74.6 Å². The van der Waals surface area contributed by atoms with Crippen LogP contribution in [0.4, 0.5) is 11.4 Å². The number of carbonyl (C=O) groups excluding carboxylic acids is 3. The molecule has 1 heterocycles. The number of para-hydroxylation sites is 1. The lowest BCUT2D eigenvalue weighted by molar-refractivity contribution is -0.147. The third-order valence-corrected chi connectivity index (χ3v) is 6.55. The molecule has 9 nitrogen and oxygen atoms in total. The largest absolute Gasteiger partial charge is 0.459 e. The molecule has 1 aromatic heterocycles. The van der Waals surface area contributed by atoms with Crippen molar-refractivity contribution in [3.63, 3.8) is 0 Å². The van der Waals surface area contributed by atoms with Crippen LogP contribution in [-0.4, -0.2) is 34.9 Å². The maximum absolute atomic E-state index is 13.3.